The summed E-state index contributed by atoms with van der Waals surface area (Å²) in [5.41, 5.74) is 1.00. The van der Waals surface area contributed by atoms with Gasteiger partial charge in [-0.15, -0.1) is 0 Å². The molecule has 0 unspecified atom stereocenters. The van der Waals surface area contributed by atoms with E-state index >= 15 is 0 Å². The number of aromatic nitrogens is 1. The van der Waals surface area contributed by atoms with E-state index in [1.165, 1.54) is 0 Å². The minimum absolute atomic E-state index is 0.133. The fourth-order valence-corrected chi connectivity index (χ4v) is 4.26. The SMILES string of the molecule is Cn1cccc1CN(C1CC1)S(=O)(=O)c1ccc(Br)cc1. The number of hydrogen-bond donors (Lipinski definition) is 0. The van der Waals surface area contributed by atoms with Crippen LogP contribution in [0, 0.1) is 0 Å². The first-order valence-corrected chi connectivity index (χ1v) is 9.09. The lowest BCUT2D eigenvalue weighted by Crippen LogP contribution is -2.33. The van der Waals surface area contributed by atoms with Crippen LogP contribution < -0.4 is 0 Å². The first-order valence-electron chi connectivity index (χ1n) is 6.86. The molecular weight excluding hydrogens is 352 g/mol. The van der Waals surface area contributed by atoms with Crippen LogP contribution in [0.4, 0.5) is 0 Å². The molecule has 4 nitrogen and oxygen atoms in total. The molecule has 0 amide bonds. The number of nitrogens with zero attached hydrogens (tertiary/aromatic N) is 2. The van der Waals surface area contributed by atoms with E-state index in [9.17, 15) is 8.42 Å². The Labute approximate surface area is 133 Å². The molecule has 1 aliphatic carbocycles. The third kappa shape index (κ3) is 3.07. The second kappa shape index (κ2) is 5.59. The summed E-state index contributed by atoms with van der Waals surface area (Å²) >= 11 is 3.34. The molecule has 0 atom stereocenters. The molecule has 112 valence electrons. The molecule has 21 heavy (non-hydrogen) atoms. The zero-order valence-corrected chi connectivity index (χ0v) is 14.1. The van der Waals surface area contributed by atoms with Crippen LogP contribution in [0.1, 0.15) is 18.5 Å². The second-order valence-electron chi connectivity index (χ2n) is 5.35. The molecule has 0 radical (unpaired) electrons. The summed E-state index contributed by atoms with van der Waals surface area (Å²) in [6.45, 7) is 0.423. The van der Waals surface area contributed by atoms with E-state index < -0.39 is 10.0 Å². The van der Waals surface area contributed by atoms with Gasteiger partial charge in [-0.3, -0.25) is 0 Å². The van der Waals surface area contributed by atoms with Crippen LogP contribution in [0.5, 0.6) is 0 Å². The lowest BCUT2D eigenvalue weighted by molar-refractivity contribution is 0.390. The van der Waals surface area contributed by atoms with Gasteiger partial charge in [-0.2, -0.15) is 4.31 Å². The minimum atomic E-state index is -3.45. The zero-order valence-electron chi connectivity index (χ0n) is 11.7. The molecule has 0 saturated heterocycles. The molecule has 1 aromatic heterocycles. The van der Waals surface area contributed by atoms with Gasteiger partial charge in [-0.05, 0) is 49.2 Å². The van der Waals surface area contributed by atoms with Gasteiger partial charge in [0, 0.05) is 29.5 Å². The number of halogens is 1. The normalized spacial score (nSPS) is 15.6. The Kier molecular flexibility index (Phi) is 3.94. The molecular formula is C15H17BrN2O2S. The Bertz CT molecular complexity index is 733. The summed E-state index contributed by atoms with van der Waals surface area (Å²) < 4.78 is 30.2. The largest absolute Gasteiger partial charge is 0.353 e. The second-order valence-corrected chi connectivity index (χ2v) is 8.15. The molecule has 1 saturated carbocycles. The number of sulfonamides is 1. The van der Waals surface area contributed by atoms with Crippen LogP contribution >= 0.6 is 15.9 Å². The number of rotatable bonds is 5. The highest BCUT2D eigenvalue weighted by molar-refractivity contribution is 9.10. The summed E-state index contributed by atoms with van der Waals surface area (Å²) in [5, 5.41) is 0. The predicted octanol–water partition coefficient (Wildman–Crippen LogP) is 3.14. The number of benzene rings is 1. The number of aryl methyl sites for hydroxylation is 1. The van der Waals surface area contributed by atoms with E-state index in [4.69, 9.17) is 0 Å². The van der Waals surface area contributed by atoms with Crippen LogP contribution in [0.2, 0.25) is 0 Å². The molecule has 1 heterocycles. The van der Waals surface area contributed by atoms with Gasteiger partial charge < -0.3 is 4.57 Å². The van der Waals surface area contributed by atoms with E-state index in [1.807, 2.05) is 29.9 Å². The standard InChI is InChI=1S/C15H17BrN2O2S/c1-17-10-2-3-14(17)11-18(13-6-7-13)21(19,20)15-8-4-12(16)5-9-15/h2-5,8-10,13H,6-7,11H2,1H3. The van der Waals surface area contributed by atoms with Crippen molar-refractivity contribution in [2.75, 3.05) is 0 Å². The molecule has 0 aliphatic heterocycles. The van der Waals surface area contributed by atoms with Crippen LogP contribution in [0.25, 0.3) is 0 Å². The maximum absolute atomic E-state index is 12.9. The Balaban J connectivity index is 1.93. The van der Waals surface area contributed by atoms with E-state index in [0.717, 1.165) is 23.0 Å². The molecule has 3 rings (SSSR count). The van der Waals surface area contributed by atoms with Crippen LogP contribution in [0.15, 0.2) is 52.0 Å². The van der Waals surface area contributed by atoms with Crippen molar-refractivity contribution in [2.24, 2.45) is 7.05 Å². The van der Waals surface area contributed by atoms with Crippen molar-refractivity contribution in [3.05, 3.63) is 52.8 Å². The summed E-state index contributed by atoms with van der Waals surface area (Å²) in [5.74, 6) is 0. The molecule has 6 heteroatoms. The average molecular weight is 369 g/mol. The van der Waals surface area contributed by atoms with Gasteiger partial charge in [-0.1, -0.05) is 15.9 Å². The quantitative estimate of drug-likeness (QED) is 0.813. The van der Waals surface area contributed by atoms with Crippen molar-refractivity contribution >= 4 is 26.0 Å². The molecule has 0 N–H and O–H groups in total. The Morgan fingerprint density at radius 2 is 1.90 bits per heavy atom. The first-order chi connectivity index (χ1) is 9.98. The van der Waals surface area contributed by atoms with Crippen LogP contribution in [-0.2, 0) is 23.6 Å². The molecule has 1 aliphatic rings. The van der Waals surface area contributed by atoms with Gasteiger partial charge in [-0.25, -0.2) is 8.42 Å². The third-order valence-corrected chi connectivity index (χ3v) is 6.18. The maximum Gasteiger partial charge on any atom is 0.243 e. The van der Waals surface area contributed by atoms with Crippen molar-refractivity contribution in [2.45, 2.75) is 30.3 Å². The summed E-state index contributed by atoms with van der Waals surface area (Å²) in [4.78, 5) is 0.354. The van der Waals surface area contributed by atoms with E-state index in [0.29, 0.717) is 11.4 Å². The molecule has 2 aromatic rings. The summed E-state index contributed by atoms with van der Waals surface area (Å²) in [6, 6.07) is 10.9. The van der Waals surface area contributed by atoms with Crippen molar-refractivity contribution in [3.8, 4) is 0 Å². The molecule has 1 aromatic carbocycles. The van der Waals surface area contributed by atoms with Gasteiger partial charge in [0.05, 0.1) is 11.4 Å². The fraction of sp³-hybridized carbons (Fsp3) is 0.333. The fourth-order valence-electron chi connectivity index (χ4n) is 2.34. The van der Waals surface area contributed by atoms with Gasteiger partial charge in [0.2, 0.25) is 10.0 Å². The van der Waals surface area contributed by atoms with Gasteiger partial charge >= 0.3 is 0 Å². The Hall–Kier alpha value is -1.11. The van der Waals surface area contributed by atoms with Crippen molar-refractivity contribution < 1.29 is 8.42 Å². The first kappa shape index (κ1) is 14.8. The third-order valence-electron chi connectivity index (χ3n) is 3.74. The van der Waals surface area contributed by atoms with Crippen molar-refractivity contribution in [1.82, 2.24) is 8.87 Å². The lowest BCUT2D eigenvalue weighted by atomic mass is 10.4. The average Bonchev–Trinajstić information content (AvgIpc) is 3.20. The molecule has 0 bridgehead atoms. The van der Waals surface area contributed by atoms with Crippen LogP contribution in [-0.4, -0.2) is 23.3 Å². The maximum atomic E-state index is 12.9. The highest BCUT2D eigenvalue weighted by Crippen LogP contribution is 2.33. The van der Waals surface area contributed by atoms with Crippen molar-refractivity contribution in [1.29, 1.82) is 0 Å². The van der Waals surface area contributed by atoms with Crippen LogP contribution in [0.3, 0.4) is 0 Å². The topological polar surface area (TPSA) is 42.3 Å². The van der Waals surface area contributed by atoms with Gasteiger partial charge in [0.15, 0.2) is 0 Å². The van der Waals surface area contributed by atoms with Gasteiger partial charge in [0.1, 0.15) is 0 Å². The Morgan fingerprint density at radius 1 is 1.24 bits per heavy atom. The lowest BCUT2D eigenvalue weighted by Gasteiger charge is -2.22. The smallest absolute Gasteiger partial charge is 0.243 e. The molecule has 1 fully saturated rings. The highest BCUT2D eigenvalue weighted by atomic mass is 79.9. The highest BCUT2D eigenvalue weighted by Gasteiger charge is 2.38. The van der Waals surface area contributed by atoms with E-state index in [2.05, 4.69) is 15.9 Å². The zero-order chi connectivity index (χ0) is 15.0. The minimum Gasteiger partial charge on any atom is -0.353 e. The predicted molar refractivity (Wildman–Crippen MR) is 85.3 cm³/mol. The van der Waals surface area contributed by atoms with Crippen molar-refractivity contribution in [3.63, 3.8) is 0 Å². The number of hydrogen-bond acceptors (Lipinski definition) is 2. The monoisotopic (exact) mass is 368 g/mol. The van der Waals surface area contributed by atoms with Gasteiger partial charge in [0.25, 0.3) is 0 Å². The van der Waals surface area contributed by atoms with E-state index in [1.54, 1.807) is 28.6 Å². The molecule has 0 spiro atoms. The summed E-state index contributed by atoms with van der Waals surface area (Å²) in [7, 11) is -1.51. The van der Waals surface area contributed by atoms with E-state index in [-0.39, 0.29) is 6.04 Å². The summed E-state index contributed by atoms with van der Waals surface area (Å²) in [6.07, 6.45) is 3.83. The Morgan fingerprint density at radius 3 is 2.43 bits per heavy atom.